The first kappa shape index (κ1) is 17.9. The van der Waals surface area contributed by atoms with E-state index in [-0.39, 0.29) is 5.91 Å². The first-order valence-corrected chi connectivity index (χ1v) is 8.82. The fourth-order valence-corrected chi connectivity index (χ4v) is 3.20. The van der Waals surface area contributed by atoms with Crippen molar-refractivity contribution < 1.29 is 4.79 Å². The lowest BCUT2D eigenvalue weighted by molar-refractivity contribution is -0.130. The van der Waals surface area contributed by atoms with Crippen LogP contribution in [0, 0.1) is 32.1 Å². The van der Waals surface area contributed by atoms with E-state index in [4.69, 9.17) is 0 Å². The van der Waals surface area contributed by atoms with Crippen LogP contribution in [0.5, 0.6) is 0 Å². The van der Waals surface area contributed by atoms with Gasteiger partial charge in [0, 0.05) is 26.2 Å². The highest BCUT2D eigenvalue weighted by Crippen LogP contribution is 2.22. The SMILES string of the molecule is Cc1ccccc1CC(=O)N1CCN(c2nnc(C)c(C)c2C#N)CC1. The van der Waals surface area contributed by atoms with Crippen LogP contribution in [0.15, 0.2) is 24.3 Å². The Balaban J connectivity index is 1.67. The fourth-order valence-electron chi connectivity index (χ4n) is 3.20. The van der Waals surface area contributed by atoms with Crippen LogP contribution >= 0.6 is 0 Å². The maximum absolute atomic E-state index is 12.6. The highest BCUT2D eigenvalue weighted by molar-refractivity contribution is 5.79. The summed E-state index contributed by atoms with van der Waals surface area (Å²) in [5.74, 6) is 0.771. The van der Waals surface area contributed by atoms with E-state index in [1.54, 1.807) is 0 Å². The van der Waals surface area contributed by atoms with Gasteiger partial charge in [-0.25, -0.2) is 0 Å². The van der Waals surface area contributed by atoms with Crippen LogP contribution in [0.1, 0.15) is 27.9 Å². The second-order valence-electron chi connectivity index (χ2n) is 6.69. The molecule has 0 atom stereocenters. The molecule has 1 aromatic heterocycles. The Bertz CT molecular complexity index is 863. The second-order valence-corrected chi connectivity index (χ2v) is 6.69. The van der Waals surface area contributed by atoms with E-state index >= 15 is 0 Å². The fraction of sp³-hybridized carbons (Fsp3) is 0.400. The summed E-state index contributed by atoms with van der Waals surface area (Å²) in [6, 6.07) is 10.2. The molecular weight excluding hydrogens is 326 g/mol. The van der Waals surface area contributed by atoms with Crippen molar-refractivity contribution in [2.75, 3.05) is 31.1 Å². The van der Waals surface area contributed by atoms with Crippen molar-refractivity contribution in [2.45, 2.75) is 27.2 Å². The third-order valence-corrected chi connectivity index (χ3v) is 5.08. The number of aryl methyl sites for hydroxylation is 2. The van der Waals surface area contributed by atoms with Crippen molar-refractivity contribution in [3.8, 4) is 6.07 Å². The topological polar surface area (TPSA) is 73.1 Å². The number of nitriles is 1. The average Bonchev–Trinajstić information content (AvgIpc) is 2.66. The van der Waals surface area contributed by atoms with Crippen molar-refractivity contribution in [1.29, 1.82) is 5.26 Å². The van der Waals surface area contributed by atoms with Crippen LogP contribution in [0.4, 0.5) is 5.82 Å². The molecule has 26 heavy (non-hydrogen) atoms. The Labute approximate surface area is 154 Å². The van der Waals surface area contributed by atoms with Gasteiger partial charge in [-0.05, 0) is 37.5 Å². The third kappa shape index (κ3) is 3.52. The Morgan fingerprint density at radius 2 is 1.81 bits per heavy atom. The molecule has 0 aliphatic carbocycles. The third-order valence-electron chi connectivity index (χ3n) is 5.08. The zero-order chi connectivity index (χ0) is 18.7. The van der Waals surface area contributed by atoms with Crippen LogP contribution < -0.4 is 4.90 Å². The average molecular weight is 349 g/mol. The molecule has 1 saturated heterocycles. The first-order valence-electron chi connectivity index (χ1n) is 8.82. The van der Waals surface area contributed by atoms with Gasteiger partial charge in [0.1, 0.15) is 11.6 Å². The number of piperazine rings is 1. The van der Waals surface area contributed by atoms with Crippen LogP contribution in [0.2, 0.25) is 0 Å². The maximum atomic E-state index is 12.6. The number of hydrogen-bond donors (Lipinski definition) is 0. The lowest BCUT2D eigenvalue weighted by Crippen LogP contribution is -2.49. The molecule has 134 valence electrons. The zero-order valence-electron chi connectivity index (χ0n) is 15.5. The van der Waals surface area contributed by atoms with Gasteiger partial charge < -0.3 is 9.80 Å². The number of carbonyl (C=O) groups is 1. The van der Waals surface area contributed by atoms with E-state index < -0.39 is 0 Å². The van der Waals surface area contributed by atoms with E-state index in [1.165, 1.54) is 0 Å². The number of anilines is 1. The normalized spacial score (nSPS) is 14.2. The summed E-state index contributed by atoms with van der Waals surface area (Å²) in [6.45, 7) is 8.36. The zero-order valence-corrected chi connectivity index (χ0v) is 15.5. The molecule has 1 aliphatic rings. The molecule has 1 amide bonds. The van der Waals surface area contributed by atoms with Crippen molar-refractivity contribution >= 4 is 11.7 Å². The van der Waals surface area contributed by atoms with Crippen LogP contribution in [-0.4, -0.2) is 47.2 Å². The molecular formula is C20H23N5O. The van der Waals surface area contributed by atoms with Gasteiger partial charge in [0.15, 0.2) is 5.82 Å². The molecule has 1 aliphatic heterocycles. The van der Waals surface area contributed by atoms with Gasteiger partial charge in [0.25, 0.3) is 0 Å². The summed E-state index contributed by atoms with van der Waals surface area (Å²) in [5.41, 5.74) is 4.44. The molecule has 0 bridgehead atoms. The summed E-state index contributed by atoms with van der Waals surface area (Å²) in [5, 5.41) is 17.9. The van der Waals surface area contributed by atoms with Gasteiger partial charge in [-0.1, -0.05) is 24.3 Å². The Hall–Kier alpha value is -2.94. The number of aromatic nitrogens is 2. The maximum Gasteiger partial charge on any atom is 0.227 e. The van der Waals surface area contributed by atoms with Gasteiger partial charge in [-0.2, -0.15) is 10.4 Å². The molecule has 0 saturated carbocycles. The molecule has 0 N–H and O–H groups in total. The highest BCUT2D eigenvalue weighted by atomic mass is 16.2. The number of benzene rings is 1. The molecule has 0 spiro atoms. The Kier molecular flexibility index (Phi) is 5.17. The van der Waals surface area contributed by atoms with E-state index in [0.29, 0.717) is 44.0 Å². The highest BCUT2D eigenvalue weighted by Gasteiger charge is 2.25. The summed E-state index contributed by atoms with van der Waals surface area (Å²) in [4.78, 5) is 16.6. The molecule has 6 nitrogen and oxygen atoms in total. The van der Waals surface area contributed by atoms with Crippen LogP contribution in [0.25, 0.3) is 0 Å². The minimum absolute atomic E-state index is 0.144. The van der Waals surface area contributed by atoms with Crippen molar-refractivity contribution in [3.05, 3.63) is 52.2 Å². The van der Waals surface area contributed by atoms with Gasteiger partial charge in [0.2, 0.25) is 5.91 Å². The van der Waals surface area contributed by atoms with Gasteiger partial charge >= 0.3 is 0 Å². The number of amides is 1. The van der Waals surface area contributed by atoms with E-state index in [9.17, 15) is 10.1 Å². The van der Waals surface area contributed by atoms with Crippen molar-refractivity contribution in [1.82, 2.24) is 15.1 Å². The molecule has 0 radical (unpaired) electrons. The van der Waals surface area contributed by atoms with Gasteiger partial charge in [0.05, 0.1) is 12.1 Å². The molecule has 6 heteroatoms. The van der Waals surface area contributed by atoms with E-state index in [0.717, 1.165) is 22.4 Å². The summed E-state index contributed by atoms with van der Waals surface area (Å²) in [6.07, 6.45) is 0.430. The van der Waals surface area contributed by atoms with E-state index in [2.05, 4.69) is 21.2 Å². The molecule has 1 aromatic carbocycles. The first-order chi connectivity index (χ1) is 12.5. The van der Waals surface area contributed by atoms with E-state index in [1.807, 2.05) is 49.9 Å². The molecule has 3 rings (SSSR count). The van der Waals surface area contributed by atoms with Crippen molar-refractivity contribution in [2.24, 2.45) is 0 Å². The molecule has 1 fully saturated rings. The van der Waals surface area contributed by atoms with Crippen LogP contribution in [-0.2, 0) is 11.2 Å². The van der Waals surface area contributed by atoms with Gasteiger partial charge in [-0.3, -0.25) is 4.79 Å². The number of hydrogen-bond acceptors (Lipinski definition) is 5. The Morgan fingerprint density at radius 3 is 2.46 bits per heavy atom. The standard InChI is InChI=1S/C20H23N5O/c1-14-6-4-5-7-17(14)12-19(26)24-8-10-25(11-9-24)20-18(13-21)15(2)16(3)22-23-20/h4-7H,8-12H2,1-3H3. The quantitative estimate of drug-likeness (QED) is 0.849. The molecule has 2 aromatic rings. The second kappa shape index (κ2) is 7.52. The predicted octanol–water partition coefficient (Wildman–Crippen LogP) is 2.16. The van der Waals surface area contributed by atoms with Crippen molar-refractivity contribution in [3.63, 3.8) is 0 Å². The molecule has 2 heterocycles. The minimum Gasteiger partial charge on any atom is -0.350 e. The molecule has 0 unspecified atom stereocenters. The van der Waals surface area contributed by atoms with Crippen LogP contribution in [0.3, 0.4) is 0 Å². The predicted molar refractivity (Wildman–Crippen MR) is 99.9 cm³/mol. The monoisotopic (exact) mass is 349 g/mol. The number of rotatable bonds is 3. The minimum atomic E-state index is 0.144. The summed E-state index contributed by atoms with van der Waals surface area (Å²) < 4.78 is 0. The smallest absolute Gasteiger partial charge is 0.227 e. The number of carbonyl (C=O) groups excluding carboxylic acids is 1. The lowest BCUT2D eigenvalue weighted by Gasteiger charge is -2.35. The summed E-state index contributed by atoms with van der Waals surface area (Å²) >= 11 is 0. The lowest BCUT2D eigenvalue weighted by atomic mass is 10.0. The largest absolute Gasteiger partial charge is 0.350 e. The van der Waals surface area contributed by atoms with Gasteiger partial charge in [-0.15, -0.1) is 5.10 Å². The summed E-state index contributed by atoms with van der Waals surface area (Å²) in [7, 11) is 0. The Morgan fingerprint density at radius 1 is 1.12 bits per heavy atom. The number of nitrogens with zero attached hydrogens (tertiary/aromatic N) is 5.